The van der Waals surface area contributed by atoms with Gasteiger partial charge in [0.15, 0.2) is 0 Å². The Morgan fingerprint density at radius 1 is 0.276 bits per heavy atom. The van der Waals surface area contributed by atoms with Crippen molar-refractivity contribution >= 4 is 77.7 Å². The number of rotatable bonds is 9. The summed E-state index contributed by atoms with van der Waals surface area (Å²) in [5.74, 6) is 0. The van der Waals surface area contributed by atoms with Gasteiger partial charge in [0.2, 0.25) is 0 Å². The number of para-hydroxylation sites is 5. The summed E-state index contributed by atoms with van der Waals surface area (Å²) < 4.78 is 7.19. The standard InChI is InChI=1S/C72H50N4/c1-4-16-55(17-5-1)74-68-26-14-11-23-62(68)65-46-52(35-44-70(65)74)49-28-37-58(38-29-49)73(59-39-30-50(31-40-59)53-36-45-71-66(47-53)63-24-12-15-27-69(63)75(71)56-18-6-2-7-19-56)60-41-32-51(33-42-60)54-34-43-64-61-22-10-13-25-67(61)76(72(64)48-54)57-20-8-3-9-21-57/h1-11,13-23,25-48H,12,24H2. The van der Waals surface area contributed by atoms with Crippen molar-refractivity contribution < 1.29 is 0 Å². The van der Waals surface area contributed by atoms with Gasteiger partial charge in [0, 0.05) is 66.7 Å². The highest BCUT2D eigenvalue weighted by Gasteiger charge is 2.21. The van der Waals surface area contributed by atoms with E-state index < -0.39 is 0 Å². The summed E-state index contributed by atoms with van der Waals surface area (Å²) in [5, 5.41) is 6.32. The third-order valence-corrected chi connectivity index (χ3v) is 15.7. The van der Waals surface area contributed by atoms with Crippen LogP contribution in [0.3, 0.4) is 0 Å². The van der Waals surface area contributed by atoms with Crippen LogP contribution in [0.25, 0.3) is 111 Å². The second kappa shape index (κ2) is 17.9. The number of aryl methyl sites for hydroxylation is 1. The first-order chi connectivity index (χ1) is 37.7. The molecule has 0 unspecified atom stereocenters. The maximum atomic E-state index is 2.42. The average molecular weight is 971 g/mol. The maximum absolute atomic E-state index is 2.42. The molecule has 14 aromatic rings. The van der Waals surface area contributed by atoms with E-state index in [4.69, 9.17) is 0 Å². The van der Waals surface area contributed by atoms with Gasteiger partial charge in [-0.25, -0.2) is 0 Å². The zero-order valence-electron chi connectivity index (χ0n) is 41.8. The molecular formula is C72H50N4. The van der Waals surface area contributed by atoms with Crippen LogP contribution in [0.4, 0.5) is 17.1 Å². The van der Waals surface area contributed by atoms with E-state index in [1.165, 1.54) is 105 Å². The number of nitrogens with zero attached hydrogens (tertiary/aromatic N) is 4. The lowest BCUT2D eigenvalue weighted by molar-refractivity contribution is 0.967. The molecule has 1 aliphatic carbocycles. The van der Waals surface area contributed by atoms with Gasteiger partial charge < -0.3 is 18.6 Å². The minimum absolute atomic E-state index is 1.04. The molecule has 0 spiro atoms. The van der Waals surface area contributed by atoms with E-state index in [0.717, 1.165) is 41.3 Å². The predicted octanol–water partition coefficient (Wildman–Crippen LogP) is 19.3. The molecule has 3 aromatic heterocycles. The van der Waals surface area contributed by atoms with Crippen molar-refractivity contribution in [3.63, 3.8) is 0 Å². The van der Waals surface area contributed by atoms with Crippen LogP contribution in [0, 0.1) is 0 Å². The summed E-state index contributed by atoms with van der Waals surface area (Å²) in [6.45, 7) is 0. The molecule has 0 bridgehead atoms. The number of hydrogen-bond acceptors (Lipinski definition) is 1. The van der Waals surface area contributed by atoms with Crippen molar-refractivity contribution in [2.24, 2.45) is 0 Å². The smallest absolute Gasteiger partial charge is 0.0547 e. The van der Waals surface area contributed by atoms with Crippen LogP contribution in [0.5, 0.6) is 0 Å². The van der Waals surface area contributed by atoms with Crippen LogP contribution in [0.15, 0.2) is 273 Å². The molecule has 0 atom stereocenters. The van der Waals surface area contributed by atoms with Crippen LogP contribution in [0.1, 0.15) is 17.7 Å². The van der Waals surface area contributed by atoms with E-state index in [1.54, 1.807) is 0 Å². The molecule has 358 valence electrons. The minimum Gasteiger partial charge on any atom is -0.311 e. The van der Waals surface area contributed by atoms with Crippen molar-refractivity contribution in [2.45, 2.75) is 12.8 Å². The van der Waals surface area contributed by atoms with Crippen LogP contribution in [-0.4, -0.2) is 13.7 Å². The van der Waals surface area contributed by atoms with Gasteiger partial charge in [0.1, 0.15) is 0 Å². The highest BCUT2D eigenvalue weighted by Crippen LogP contribution is 2.42. The zero-order valence-corrected chi connectivity index (χ0v) is 41.8. The van der Waals surface area contributed by atoms with Crippen LogP contribution in [0.2, 0.25) is 0 Å². The molecule has 0 amide bonds. The maximum Gasteiger partial charge on any atom is 0.0547 e. The van der Waals surface area contributed by atoms with Gasteiger partial charge in [0.05, 0.1) is 27.6 Å². The Balaban J connectivity index is 0.814. The molecule has 0 saturated carbocycles. The Hall–Kier alpha value is -9.90. The van der Waals surface area contributed by atoms with E-state index in [1.807, 2.05) is 0 Å². The summed E-state index contributed by atoms with van der Waals surface area (Å²) in [6.07, 6.45) is 6.71. The third kappa shape index (κ3) is 7.21. The second-order valence-electron chi connectivity index (χ2n) is 20.0. The molecule has 15 rings (SSSR count). The monoisotopic (exact) mass is 970 g/mol. The van der Waals surface area contributed by atoms with Crippen molar-refractivity contribution in [1.29, 1.82) is 0 Å². The molecule has 3 heterocycles. The second-order valence-corrected chi connectivity index (χ2v) is 20.0. The molecule has 0 fully saturated rings. The number of anilines is 3. The van der Waals surface area contributed by atoms with Gasteiger partial charge in [0.25, 0.3) is 0 Å². The zero-order chi connectivity index (χ0) is 50.1. The van der Waals surface area contributed by atoms with E-state index >= 15 is 0 Å². The first-order valence-electron chi connectivity index (χ1n) is 26.4. The molecular weight excluding hydrogens is 921 g/mol. The van der Waals surface area contributed by atoms with Crippen molar-refractivity contribution in [1.82, 2.24) is 13.7 Å². The summed E-state index contributed by atoms with van der Waals surface area (Å²) >= 11 is 0. The molecule has 0 aliphatic heterocycles. The Labute approximate surface area is 441 Å². The van der Waals surface area contributed by atoms with Gasteiger partial charge in [-0.3, -0.25) is 0 Å². The number of aromatic nitrogens is 3. The third-order valence-electron chi connectivity index (χ3n) is 15.7. The minimum atomic E-state index is 1.04. The first kappa shape index (κ1) is 43.7. The summed E-state index contributed by atoms with van der Waals surface area (Å²) in [4.78, 5) is 2.39. The predicted molar refractivity (Wildman–Crippen MR) is 320 cm³/mol. The molecule has 0 N–H and O–H groups in total. The molecule has 1 aliphatic rings. The molecule has 0 radical (unpaired) electrons. The van der Waals surface area contributed by atoms with Gasteiger partial charge in [-0.05, 0) is 173 Å². The van der Waals surface area contributed by atoms with E-state index in [-0.39, 0.29) is 0 Å². The first-order valence-corrected chi connectivity index (χ1v) is 26.4. The normalized spacial score (nSPS) is 12.3. The summed E-state index contributed by atoms with van der Waals surface area (Å²) in [6, 6.07) is 97.7. The van der Waals surface area contributed by atoms with Crippen LogP contribution >= 0.6 is 0 Å². The van der Waals surface area contributed by atoms with Crippen LogP contribution in [-0.2, 0) is 6.42 Å². The lowest BCUT2D eigenvalue weighted by atomic mass is 9.97. The Morgan fingerprint density at radius 2 is 0.658 bits per heavy atom. The Kier molecular flexibility index (Phi) is 10.3. The average Bonchev–Trinajstić information content (AvgIpc) is 4.16. The van der Waals surface area contributed by atoms with Gasteiger partial charge in [-0.2, -0.15) is 0 Å². The fourth-order valence-electron chi connectivity index (χ4n) is 12.1. The quantitative estimate of drug-likeness (QED) is 0.141. The molecule has 0 saturated heterocycles. The van der Waals surface area contributed by atoms with E-state index in [9.17, 15) is 0 Å². The fraction of sp³-hybridized carbons (Fsp3) is 0.0278. The van der Waals surface area contributed by atoms with Gasteiger partial charge in [-0.15, -0.1) is 0 Å². The molecule has 4 heteroatoms. The number of fused-ring (bicyclic) bond motifs is 9. The lowest BCUT2D eigenvalue weighted by Gasteiger charge is -2.26. The number of benzene rings is 11. The number of hydrogen-bond donors (Lipinski definition) is 0. The largest absolute Gasteiger partial charge is 0.311 e. The summed E-state index contributed by atoms with van der Waals surface area (Å²) in [5.41, 5.74) is 22.7. The van der Waals surface area contributed by atoms with Crippen LogP contribution < -0.4 is 4.90 Å². The van der Waals surface area contributed by atoms with Gasteiger partial charge in [-0.1, -0.05) is 158 Å². The fourth-order valence-corrected chi connectivity index (χ4v) is 12.1. The van der Waals surface area contributed by atoms with Crippen molar-refractivity contribution in [3.8, 4) is 50.4 Å². The SMILES string of the molecule is C1=Cc2c(c3cc(-c4ccc(N(c5ccc(-c6ccc7c(c6)c6ccccc6n7-c6ccccc6)cc5)c5ccc(-c6ccc7c8ccccc8n(-c8ccccc8)c7c6)cc5)cc4)ccc3n2-c2ccccc2)CC1. The Morgan fingerprint density at radius 3 is 1.20 bits per heavy atom. The number of allylic oxidation sites excluding steroid dienone is 1. The highest BCUT2D eigenvalue weighted by atomic mass is 15.1. The van der Waals surface area contributed by atoms with E-state index in [0.29, 0.717) is 0 Å². The molecule has 11 aromatic carbocycles. The van der Waals surface area contributed by atoms with Gasteiger partial charge >= 0.3 is 0 Å². The van der Waals surface area contributed by atoms with Crippen molar-refractivity contribution in [2.75, 3.05) is 4.90 Å². The lowest BCUT2D eigenvalue weighted by Crippen LogP contribution is -2.09. The van der Waals surface area contributed by atoms with E-state index in [2.05, 4.69) is 298 Å². The topological polar surface area (TPSA) is 18.0 Å². The molecule has 4 nitrogen and oxygen atoms in total. The Bertz CT molecular complexity index is 4520. The molecule has 76 heavy (non-hydrogen) atoms. The summed E-state index contributed by atoms with van der Waals surface area (Å²) in [7, 11) is 0. The highest BCUT2D eigenvalue weighted by molar-refractivity contribution is 6.11. The van der Waals surface area contributed by atoms with Crippen molar-refractivity contribution in [3.05, 3.63) is 284 Å².